The molecule has 0 bridgehead atoms. The lowest BCUT2D eigenvalue weighted by Gasteiger charge is -2.35. The standard InChI is InChI=1S/C26H29N7O3S2/c1-37-19-7-5-17(6-8-19)22-28-20(36-30-22)15-33-16-27-23-21(25(33)35)38-26(29-23)32-13-9-18(10-14-32)24(34)31-11-3-2-4-12-31/h5-8,16,18H,2-4,9-15H2,1H3. The monoisotopic (exact) mass is 551 g/mol. The number of nitrogens with zero attached hydrogens (tertiary/aromatic N) is 7. The molecular formula is C26H29N7O3S2. The van der Waals surface area contributed by atoms with Gasteiger partial charge < -0.3 is 14.3 Å². The molecule has 1 aromatic carbocycles. The van der Waals surface area contributed by atoms with E-state index in [1.54, 1.807) is 11.8 Å². The zero-order chi connectivity index (χ0) is 26.1. The summed E-state index contributed by atoms with van der Waals surface area (Å²) in [4.78, 5) is 45.0. The molecule has 0 aliphatic carbocycles. The molecule has 2 fully saturated rings. The summed E-state index contributed by atoms with van der Waals surface area (Å²) in [5.74, 6) is 1.20. The molecule has 2 saturated heterocycles. The van der Waals surface area contributed by atoms with Gasteiger partial charge in [0.15, 0.2) is 10.8 Å². The van der Waals surface area contributed by atoms with Crippen LogP contribution in [0.3, 0.4) is 0 Å². The van der Waals surface area contributed by atoms with Crippen molar-refractivity contribution in [1.82, 2.24) is 29.6 Å². The van der Waals surface area contributed by atoms with Gasteiger partial charge in [0.05, 0.1) is 0 Å². The number of carbonyl (C=O) groups is 1. The van der Waals surface area contributed by atoms with Crippen molar-refractivity contribution in [3.8, 4) is 11.4 Å². The molecule has 0 saturated carbocycles. The first-order chi connectivity index (χ1) is 18.6. The number of fused-ring (bicyclic) bond motifs is 1. The minimum absolute atomic E-state index is 0.0804. The third kappa shape index (κ3) is 5.06. The summed E-state index contributed by atoms with van der Waals surface area (Å²) in [6.45, 7) is 3.42. The van der Waals surface area contributed by atoms with Crippen LogP contribution in [0, 0.1) is 5.92 Å². The van der Waals surface area contributed by atoms with E-state index in [1.807, 2.05) is 35.4 Å². The van der Waals surface area contributed by atoms with Gasteiger partial charge >= 0.3 is 0 Å². The van der Waals surface area contributed by atoms with Gasteiger partial charge in [-0.25, -0.2) is 4.98 Å². The number of hydrogen-bond acceptors (Lipinski definition) is 10. The molecule has 38 heavy (non-hydrogen) atoms. The molecule has 198 valence electrons. The van der Waals surface area contributed by atoms with E-state index >= 15 is 0 Å². The highest BCUT2D eigenvalue weighted by Gasteiger charge is 2.30. The van der Waals surface area contributed by atoms with Gasteiger partial charge in [-0.15, -0.1) is 11.8 Å². The van der Waals surface area contributed by atoms with Crippen molar-refractivity contribution >= 4 is 44.5 Å². The molecular weight excluding hydrogens is 522 g/mol. The number of amides is 1. The third-order valence-electron chi connectivity index (χ3n) is 7.28. The second-order valence-corrected chi connectivity index (χ2v) is 11.6. The van der Waals surface area contributed by atoms with Crippen LogP contribution < -0.4 is 10.5 Å². The molecule has 10 nitrogen and oxygen atoms in total. The maximum Gasteiger partial charge on any atom is 0.273 e. The van der Waals surface area contributed by atoms with Gasteiger partial charge in [0.25, 0.3) is 5.56 Å². The summed E-state index contributed by atoms with van der Waals surface area (Å²) in [6, 6.07) is 7.92. The van der Waals surface area contributed by atoms with E-state index < -0.39 is 0 Å². The molecule has 3 aromatic heterocycles. The third-order valence-corrected chi connectivity index (χ3v) is 9.11. The van der Waals surface area contributed by atoms with Crippen LogP contribution in [-0.2, 0) is 11.3 Å². The Morgan fingerprint density at radius 2 is 1.84 bits per heavy atom. The Bertz CT molecular complexity index is 1480. The fourth-order valence-electron chi connectivity index (χ4n) is 5.10. The molecule has 0 radical (unpaired) electrons. The van der Waals surface area contributed by atoms with E-state index in [0.29, 0.717) is 28.0 Å². The number of aromatic nitrogens is 5. The first-order valence-electron chi connectivity index (χ1n) is 13.0. The van der Waals surface area contributed by atoms with Crippen molar-refractivity contribution in [2.45, 2.75) is 43.5 Å². The average molecular weight is 552 g/mol. The lowest BCUT2D eigenvalue weighted by molar-refractivity contribution is -0.137. The number of thioether (sulfide) groups is 1. The van der Waals surface area contributed by atoms with E-state index in [9.17, 15) is 9.59 Å². The zero-order valence-corrected chi connectivity index (χ0v) is 22.8. The van der Waals surface area contributed by atoms with Crippen molar-refractivity contribution in [3.05, 3.63) is 46.8 Å². The van der Waals surface area contributed by atoms with Crippen LogP contribution >= 0.6 is 23.1 Å². The molecule has 0 N–H and O–H groups in total. The summed E-state index contributed by atoms with van der Waals surface area (Å²) < 4.78 is 7.39. The van der Waals surface area contributed by atoms with Gasteiger partial charge in [-0.1, -0.05) is 16.5 Å². The quantitative estimate of drug-likeness (QED) is 0.330. The van der Waals surface area contributed by atoms with Gasteiger partial charge in [0, 0.05) is 42.6 Å². The fraction of sp³-hybridized carbons (Fsp3) is 0.462. The largest absolute Gasteiger partial charge is 0.348 e. The van der Waals surface area contributed by atoms with Crippen molar-refractivity contribution in [2.24, 2.45) is 5.92 Å². The minimum atomic E-state index is -0.182. The summed E-state index contributed by atoms with van der Waals surface area (Å²) in [5.41, 5.74) is 1.11. The topological polar surface area (TPSA) is 110 Å². The molecule has 4 aromatic rings. The molecule has 0 unspecified atom stereocenters. The predicted octanol–water partition coefficient (Wildman–Crippen LogP) is 3.90. The van der Waals surface area contributed by atoms with Crippen molar-refractivity contribution in [1.29, 1.82) is 0 Å². The van der Waals surface area contributed by atoms with Crippen LogP contribution in [0.2, 0.25) is 0 Å². The molecule has 12 heteroatoms. The smallest absolute Gasteiger partial charge is 0.273 e. The normalized spacial score (nSPS) is 16.9. The molecule has 6 rings (SSSR count). The zero-order valence-electron chi connectivity index (χ0n) is 21.2. The Morgan fingerprint density at radius 3 is 2.58 bits per heavy atom. The lowest BCUT2D eigenvalue weighted by Crippen LogP contribution is -2.44. The second kappa shape index (κ2) is 10.9. The number of carbonyl (C=O) groups excluding carboxylic acids is 1. The number of likely N-dealkylation sites (tertiary alicyclic amines) is 1. The number of piperidine rings is 2. The predicted molar refractivity (Wildman–Crippen MR) is 148 cm³/mol. The van der Waals surface area contributed by atoms with E-state index in [1.165, 1.54) is 28.7 Å². The van der Waals surface area contributed by atoms with E-state index in [-0.39, 0.29) is 18.0 Å². The summed E-state index contributed by atoms with van der Waals surface area (Å²) >= 11 is 3.02. The molecule has 0 spiro atoms. The van der Waals surface area contributed by atoms with Crippen LogP contribution in [-0.4, -0.2) is 67.9 Å². The SMILES string of the molecule is CSc1ccc(-c2noc(Cn3cnc4nc(N5CCC(C(=O)N6CCCCC6)CC5)sc4c3=O)n2)cc1. The van der Waals surface area contributed by atoms with Crippen LogP contribution in [0.1, 0.15) is 38.0 Å². The summed E-state index contributed by atoms with van der Waals surface area (Å²) in [6.07, 6.45) is 8.57. The Labute approximate surface area is 228 Å². The maximum atomic E-state index is 13.2. The van der Waals surface area contributed by atoms with Gasteiger partial charge in [0.1, 0.15) is 17.6 Å². The number of anilines is 1. The maximum absolute atomic E-state index is 13.2. The van der Waals surface area contributed by atoms with Crippen LogP contribution in [0.15, 0.2) is 44.8 Å². The highest BCUT2D eigenvalue weighted by atomic mass is 32.2. The Balaban J connectivity index is 1.13. The summed E-state index contributed by atoms with van der Waals surface area (Å²) in [5, 5.41) is 4.85. The number of benzene rings is 1. The number of rotatable bonds is 6. The van der Waals surface area contributed by atoms with Crippen LogP contribution in [0.5, 0.6) is 0 Å². The van der Waals surface area contributed by atoms with Gasteiger partial charge in [-0.3, -0.25) is 14.2 Å². The first-order valence-corrected chi connectivity index (χ1v) is 15.0. The Kier molecular flexibility index (Phi) is 7.16. The molecule has 2 aliphatic heterocycles. The van der Waals surface area contributed by atoms with Gasteiger partial charge in [0.2, 0.25) is 17.6 Å². The number of thiazole rings is 1. The first kappa shape index (κ1) is 25.1. The lowest BCUT2D eigenvalue weighted by atomic mass is 9.94. The fourth-order valence-corrected chi connectivity index (χ4v) is 6.52. The van der Waals surface area contributed by atoms with Crippen molar-refractivity contribution in [2.75, 3.05) is 37.3 Å². The number of hydrogen-bond donors (Lipinski definition) is 0. The second-order valence-electron chi connectivity index (χ2n) is 9.71. The van der Waals surface area contributed by atoms with E-state index in [2.05, 4.69) is 25.0 Å². The Morgan fingerprint density at radius 1 is 1.08 bits per heavy atom. The van der Waals surface area contributed by atoms with Crippen LogP contribution in [0.4, 0.5) is 5.13 Å². The molecule has 2 aliphatic rings. The molecule has 5 heterocycles. The van der Waals surface area contributed by atoms with Crippen molar-refractivity contribution < 1.29 is 9.32 Å². The van der Waals surface area contributed by atoms with Gasteiger partial charge in [-0.2, -0.15) is 9.97 Å². The average Bonchev–Trinajstić information content (AvgIpc) is 3.63. The van der Waals surface area contributed by atoms with Gasteiger partial charge in [-0.05, 0) is 62.6 Å². The van der Waals surface area contributed by atoms with E-state index in [0.717, 1.165) is 67.5 Å². The summed E-state index contributed by atoms with van der Waals surface area (Å²) in [7, 11) is 0. The Hall–Kier alpha value is -3.25. The minimum Gasteiger partial charge on any atom is -0.348 e. The van der Waals surface area contributed by atoms with Crippen LogP contribution in [0.25, 0.3) is 21.7 Å². The highest BCUT2D eigenvalue weighted by molar-refractivity contribution is 7.98. The highest BCUT2D eigenvalue weighted by Crippen LogP contribution is 2.30. The van der Waals surface area contributed by atoms with E-state index in [4.69, 9.17) is 4.52 Å². The van der Waals surface area contributed by atoms with Crippen molar-refractivity contribution in [3.63, 3.8) is 0 Å². The molecule has 0 atom stereocenters. The molecule has 1 amide bonds.